The van der Waals surface area contributed by atoms with Crippen molar-refractivity contribution in [3.05, 3.63) is 94.0 Å². The van der Waals surface area contributed by atoms with Gasteiger partial charge in [0, 0.05) is 11.1 Å². The maximum atomic E-state index is 13.2. The summed E-state index contributed by atoms with van der Waals surface area (Å²) in [5.74, 6) is 0.0322. The van der Waals surface area contributed by atoms with E-state index in [2.05, 4.69) is 20.6 Å². The summed E-state index contributed by atoms with van der Waals surface area (Å²) >= 11 is 0. The second-order valence-corrected chi connectivity index (χ2v) is 7.84. The van der Waals surface area contributed by atoms with Gasteiger partial charge in [-0.05, 0) is 67.1 Å². The fourth-order valence-electron chi connectivity index (χ4n) is 3.83. The number of ether oxygens (including phenoxy) is 1. The molecule has 3 aromatic carbocycles. The smallest absolute Gasteiger partial charge is 0.281 e. The zero-order chi connectivity index (χ0) is 23.8. The predicted octanol–water partition coefficient (Wildman–Crippen LogP) is 3.88. The first-order valence-electron chi connectivity index (χ1n) is 10.6. The fraction of sp³-hybridized carbons (Fsp3) is 0.120. The molecule has 5 aromatic rings. The molecule has 0 aliphatic heterocycles. The van der Waals surface area contributed by atoms with Crippen molar-refractivity contribution in [3.63, 3.8) is 0 Å². The van der Waals surface area contributed by atoms with Crippen molar-refractivity contribution in [2.75, 3.05) is 7.11 Å². The highest BCUT2D eigenvalue weighted by Gasteiger charge is 2.17. The van der Waals surface area contributed by atoms with Crippen LogP contribution < -0.4 is 15.6 Å². The van der Waals surface area contributed by atoms with Crippen LogP contribution in [-0.4, -0.2) is 32.8 Å². The number of carbonyl (C=O) groups excluding carboxylic acids is 1. The maximum absolute atomic E-state index is 13.2. The number of amides is 1. The molecule has 9 heteroatoms. The molecule has 0 unspecified atom stereocenters. The van der Waals surface area contributed by atoms with Crippen LogP contribution in [0.3, 0.4) is 0 Å². The monoisotopic (exact) mass is 457 g/mol. The second kappa shape index (κ2) is 8.43. The molecule has 8 nitrogen and oxygen atoms in total. The number of aromatic amines is 1. The van der Waals surface area contributed by atoms with Gasteiger partial charge in [0.15, 0.2) is 5.65 Å². The number of nitrogens with zero attached hydrogens (tertiary/aromatic N) is 3. The highest BCUT2D eigenvalue weighted by atomic mass is 19.1. The van der Waals surface area contributed by atoms with Gasteiger partial charge >= 0.3 is 0 Å². The number of hydrogen-bond donors (Lipinski definition) is 2. The van der Waals surface area contributed by atoms with Gasteiger partial charge in [0.25, 0.3) is 11.5 Å². The number of rotatable bonds is 5. The number of aromatic nitrogens is 4. The van der Waals surface area contributed by atoms with E-state index in [1.165, 1.54) is 12.1 Å². The third-order valence-electron chi connectivity index (χ3n) is 5.71. The van der Waals surface area contributed by atoms with Gasteiger partial charge in [0.1, 0.15) is 17.3 Å². The molecule has 34 heavy (non-hydrogen) atoms. The highest BCUT2D eigenvalue weighted by molar-refractivity contribution is 5.98. The van der Waals surface area contributed by atoms with Crippen molar-refractivity contribution in [2.45, 2.75) is 13.0 Å². The van der Waals surface area contributed by atoms with E-state index in [0.717, 1.165) is 11.1 Å². The Balaban J connectivity index is 1.53. The van der Waals surface area contributed by atoms with E-state index in [-0.39, 0.29) is 17.8 Å². The molecule has 0 fully saturated rings. The van der Waals surface area contributed by atoms with Crippen LogP contribution in [0.4, 0.5) is 4.39 Å². The van der Waals surface area contributed by atoms with E-state index in [0.29, 0.717) is 33.6 Å². The molecule has 170 valence electrons. The van der Waals surface area contributed by atoms with Crippen LogP contribution in [-0.2, 0) is 0 Å². The van der Waals surface area contributed by atoms with Gasteiger partial charge in [0.2, 0.25) is 0 Å². The molecular formula is C25H20FN5O3. The minimum Gasteiger partial charge on any atom is -0.497 e. The first-order valence-corrected chi connectivity index (χ1v) is 10.6. The van der Waals surface area contributed by atoms with E-state index in [1.807, 2.05) is 19.1 Å². The quantitative estimate of drug-likeness (QED) is 0.417. The number of hydrogen-bond acceptors (Lipinski definition) is 5. The SMILES string of the molecule is COc1ccc(-c2n[nH]n3c2nc(=O)c2ccc(C(=O)N[C@@H](C)c4ccc(F)cc4)cc23)cc1. The molecule has 2 aromatic heterocycles. The van der Waals surface area contributed by atoms with Crippen molar-refractivity contribution >= 4 is 22.5 Å². The maximum Gasteiger partial charge on any atom is 0.281 e. The third-order valence-corrected chi connectivity index (χ3v) is 5.71. The fourth-order valence-corrected chi connectivity index (χ4v) is 3.83. The number of methoxy groups -OCH3 is 1. The van der Waals surface area contributed by atoms with Crippen molar-refractivity contribution < 1.29 is 13.9 Å². The Hall–Kier alpha value is -4.53. The van der Waals surface area contributed by atoms with Crippen LogP contribution in [0.15, 0.2) is 71.5 Å². The summed E-state index contributed by atoms with van der Waals surface area (Å²) in [6.45, 7) is 1.81. The summed E-state index contributed by atoms with van der Waals surface area (Å²) in [5.41, 5.74) is 2.80. The Morgan fingerprint density at radius 2 is 1.82 bits per heavy atom. The number of nitrogens with one attached hydrogen (secondary N) is 2. The average molecular weight is 457 g/mol. The predicted molar refractivity (Wildman–Crippen MR) is 125 cm³/mol. The molecule has 2 N–H and O–H groups in total. The average Bonchev–Trinajstić information content (AvgIpc) is 3.28. The zero-order valence-corrected chi connectivity index (χ0v) is 18.4. The number of fused-ring (bicyclic) bond motifs is 3. The lowest BCUT2D eigenvalue weighted by Gasteiger charge is -2.14. The molecule has 0 bridgehead atoms. The number of carbonyl (C=O) groups is 1. The lowest BCUT2D eigenvalue weighted by Crippen LogP contribution is -2.26. The van der Waals surface area contributed by atoms with E-state index in [9.17, 15) is 14.0 Å². The molecule has 0 saturated carbocycles. The van der Waals surface area contributed by atoms with Crippen LogP contribution in [0.25, 0.3) is 27.8 Å². The van der Waals surface area contributed by atoms with E-state index >= 15 is 0 Å². The van der Waals surface area contributed by atoms with Gasteiger partial charge in [-0.1, -0.05) is 12.1 Å². The summed E-state index contributed by atoms with van der Waals surface area (Å²) in [7, 11) is 1.58. The zero-order valence-electron chi connectivity index (χ0n) is 18.4. The number of H-pyrrole nitrogens is 1. The molecule has 1 amide bonds. The summed E-state index contributed by atoms with van der Waals surface area (Å²) in [4.78, 5) is 29.9. The lowest BCUT2D eigenvalue weighted by atomic mass is 10.1. The van der Waals surface area contributed by atoms with E-state index in [4.69, 9.17) is 4.74 Å². The van der Waals surface area contributed by atoms with Gasteiger partial charge in [-0.3, -0.25) is 9.59 Å². The van der Waals surface area contributed by atoms with Gasteiger partial charge in [-0.2, -0.15) is 10.1 Å². The molecule has 5 rings (SSSR count). The molecule has 0 radical (unpaired) electrons. The molecule has 1 atom stereocenters. The minimum atomic E-state index is -0.419. The van der Waals surface area contributed by atoms with Gasteiger partial charge in [-0.15, -0.1) is 0 Å². The first kappa shape index (κ1) is 21.3. The third kappa shape index (κ3) is 3.77. The Kier molecular flexibility index (Phi) is 5.29. The first-order chi connectivity index (χ1) is 16.4. The topological polar surface area (TPSA) is 101 Å². The Morgan fingerprint density at radius 1 is 1.09 bits per heavy atom. The molecular weight excluding hydrogens is 437 g/mol. The molecule has 0 aliphatic carbocycles. The lowest BCUT2D eigenvalue weighted by molar-refractivity contribution is 0.0940. The van der Waals surface area contributed by atoms with Crippen molar-refractivity contribution in [3.8, 4) is 17.0 Å². The second-order valence-electron chi connectivity index (χ2n) is 7.84. The summed E-state index contributed by atoms with van der Waals surface area (Å²) in [6, 6.07) is 17.6. The van der Waals surface area contributed by atoms with Crippen LogP contribution >= 0.6 is 0 Å². The van der Waals surface area contributed by atoms with Crippen molar-refractivity contribution in [1.82, 2.24) is 25.1 Å². The van der Waals surface area contributed by atoms with Gasteiger partial charge < -0.3 is 10.1 Å². The van der Waals surface area contributed by atoms with E-state index < -0.39 is 5.56 Å². The Morgan fingerprint density at radius 3 is 2.53 bits per heavy atom. The van der Waals surface area contributed by atoms with Crippen molar-refractivity contribution in [2.24, 2.45) is 0 Å². The van der Waals surface area contributed by atoms with Gasteiger partial charge in [0.05, 0.1) is 24.1 Å². The highest BCUT2D eigenvalue weighted by Crippen LogP contribution is 2.25. The molecule has 0 saturated heterocycles. The van der Waals surface area contributed by atoms with Crippen LogP contribution in [0.1, 0.15) is 28.9 Å². The number of benzene rings is 3. The standard InChI is InChI=1S/C25H20FN5O3/c1-14(15-3-8-18(26)9-4-15)27-24(32)17-7-12-20-21(13-17)31-23(28-25(20)33)22(29-30-31)16-5-10-19(34-2)11-6-16/h3-14,30H,1-2H3,(H,27,32)/t14-/m0/s1. The van der Waals surface area contributed by atoms with Crippen LogP contribution in [0, 0.1) is 5.82 Å². The Bertz CT molecular complexity index is 1570. The molecule has 0 aliphatic rings. The van der Waals surface area contributed by atoms with Crippen LogP contribution in [0.2, 0.25) is 0 Å². The number of halogens is 1. The van der Waals surface area contributed by atoms with Gasteiger partial charge in [-0.25, -0.2) is 14.1 Å². The summed E-state index contributed by atoms with van der Waals surface area (Å²) < 4.78 is 20.0. The minimum absolute atomic E-state index is 0.327. The summed E-state index contributed by atoms with van der Waals surface area (Å²) in [5, 5.41) is 10.5. The largest absolute Gasteiger partial charge is 0.497 e. The van der Waals surface area contributed by atoms with E-state index in [1.54, 1.807) is 54.1 Å². The summed E-state index contributed by atoms with van der Waals surface area (Å²) in [6.07, 6.45) is 0. The Labute approximate surface area is 193 Å². The molecule has 2 heterocycles. The van der Waals surface area contributed by atoms with Crippen molar-refractivity contribution in [1.29, 1.82) is 0 Å². The van der Waals surface area contributed by atoms with Crippen LogP contribution in [0.5, 0.6) is 5.75 Å². The molecule has 0 spiro atoms. The normalized spacial score (nSPS) is 12.1.